The summed E-state index contributed by atoms with van der Waals surface area (Å²) in [5, 5.41) is 18.6. The van der Waals surface area contributed by atoms with Gasteiger partial charge >= 0.3 is 0 Å². The molecule has 96 valence electrons. The number of nitrogens with zero attached hydrogens (tertiary/aromatic N) is 1. The lowest BCUT2D eigenvalue weighted by atomic mass is 9.99. The fourth-order valence-electron chi connectivity index (χ4n) is 1.98. The van der Waals surface area contributed by atoms with E-state index in [-0.39, 0.29) is 0 Å². The first-order valence-corrected chi connectivity index (χ1v) is 6.02. The van der Waals surface area contributed by atoms with E-state index < -0.39 is 6.10 Å². The number of methoxy groups -OCH3 is 1. The normalized spacial score (nSPS) is 11.7. The Morgan fingerprint density at radius 2 is 1.74 bits per heavy atom. The van der Waals surface area contributed by atoms with Gasteiger partial charge in [0.1, 0.15) is 5.75 Å². The zero-order valence-corrected chi connectivity index (χ0v) is 10.9. The summed E-state index contributed by atoms with van der Waals surface area (Å²) < 4.78 is 5.23. The Balaban J connectivity index is 2.45. The second-order valence-electron chi connectivity index (χ2n) is 4.32. The molecule has 2 aromatic rings. The molecule has 0 aliphatic carbocycles. The van der Waals surface area contributed by atoms with Gasteiger partial charge in [0.2, 0.25) is 0 Å². The van der Waals surface area contributed by atoms with Gasteiger partial charge in [-0.05, 0) is 42.3 Å². The summed E-state index contributed by atoms with van der Waals surface area (Å²) in [5.74, 6) is 0.674. The van der Waals surface area contributed by atoms with Crippen molar-refractivity contribution in [3.63, 3.8) is 0 Å². The summed E-state index contributed by atoms with van der Waals surface area (Å²) in [6, 6.07) is 15.1. The minimum absolute atomic E-state index is 0.590. The molecule has 0 bridgehead atoms. The van der Waals surface area contributed by atoms with Crippen LogP contribution in [-0.2, 0) is 0 Å². The molecule has 0 radical (unpaired) electrons. The lowest BCUT2D eigenvalue weighted by Crippen LogP contribution is -1.97. The number of hydrogen-bond donors (Lipinski definition) is 1. The zero-order chi connectivity index (χ0) is 13.8. The van der Waals surface area contributed by atoms with Gasteiger partial charge in [0.05, 0.1) is 24.8 Å². The average Bonchev–Trinajstić information content (AvgIpc) is 2.46. The Bertz CT molecular complexity index is 610. The molecular weight excluding hydrogens is 238 g/mol. The minimum Gasteiger partial charge on any atom is -0.496 e. The molecule has 1 N–H and O–H groups in total. The predicted octanol–water partition coefficient (Wildman–Crippen LogP) is 3.29. The SMILES string of the molecule is COc1ccc(-c2ccc(C#N)cc2)cc1[C@@H](C)O. The number of aliphatic hydroxyl groups excluding tert-OH is 1. The van der Waals surface area contributed by atoms with E-state index in [1.54, 1.807) is 26.2 Å². The lowest BCUT2D eigenvalue weighted by molar-refractivity contribution is 0.194. The zero-order valence-electron chi connectivity index (χ0n) is 10.9. The van der Waals surface area contributed by atoms with Crippen LogP contribution < -0.4 is 4.74 Å². The third-order valence-corrected chi connectivity index (χ3v) is 3.03. The van der Waals surface area contributed by atoms with Gasteiger partial charge in [-0.15, -0.1) is 0 Å². The first-order valence-electron chi connectivity index (χ1n) is 6.02. The van der Waals surface area contributed by atoms with Crippen molar-refractivity contribution in [3.05, 3.63) is 53.6 Å². The summed E-state index contributed by atoms with van der Waals surface area (Å²) >= 11 is 0. The van der Waals surface area contributed by atoms with Gasteiger partial charge in [0, 0.05) is 5.56 Å². The van der Waals surface area contributed by atoms with E-state index in [0.29, 0.717) is 11.3 Å². The van der Waals surface area contributed by atoms with E-state index in [2.05, 4.69) is 6.07 Å². The fourth-order valence-corrected chi connectivity index (χ4v) is 1.98. The van der Waals surface area contributed by atoms with Gasteiger partial charge < -0.3 is 9.84 Å². The molecule has 0 heterocycles. The first kappa shape index (κ1) is 13.1. The fraction of sp³-hybridized carbons (Fsp3) is 0.188. The summed E-state index contributed by atoms with van der Waals surface area (Å²) in [5.41, 5.74) is 3.38. The molecule has 2 aromatic carbocycles. The van der Waals surface area contributed by atoms with Crippen LogP contribution in [0.2, 0.25) is 0 Å². The maximum absolute atomic E-state index is 9.77. The summed E-state index contributed by atoms with van der Waals surface area (Å²) in [7, 11) is 1.59. The Kier molecular flexibility index (Phi) is 3.84. The standard InChI is InChI=1S/C16H15NO2/c1-11(18)15-9-14(7-8-16(15)19-2)13-5-3-12(10-17)4-6-13/h3-9,11,18H,1-2H3/t11-/m1/s1. The van der Waals surface area contributed by atoms with E-state index in [0.717, 1.165) is 16.7 Å². The largest absolute Gasteiger partial charge is 0.496 e. The second kappa shape index (κ2) is 5.55. The molecule has 0 saturated heterocycles. The van der Waals surface area contributed by atoms with Crippen molar-refractivity contribution in [3.8, 4) is 22.9 Å². The highest BCUT2D eigenvalue weighted by molar-refractivity contribution is 5.66. The van der Waals surface area contributed by atoms with Crippen LogP contribution in [0.3, 0.4) is 0 Å². The van der Waals surface area contributed by atoms with Gasteiger partial charge in [-0.1, -0.05) is 18.2 Å². The van der Waals surface area contributed by atoms with Crippen LogP contribution >= 0.6 is 0 Å². The first-order chi connectivity index (χ1) is 9.15. The van der Waals surface area contributed by atoms with Crippen LogP contribution in [0.25, 0.3) is 11.1 Å². The Morgan fingerprint density at radius 3 is 2.26 bits per heavy atom. The van der Waals surface area contributed by atoms with E-state index >= 15 is 0 Å². The number of hydrogen-bond acceptors (Lipinski definition) is 3. The van der Waals surface area contributed by atoms with Crippen LogP contribution in [0.5, 0.6) is 5.75 Å². The van der Waals surface area contributed by atoms with Crippen LogP contribution in [0.4, 0.5) is 0 Å². The summed E-state index contributed by atoms with van der Waals surface area (Å²) in [6.07, 6.45) is -0.590. The topological polar surface area (TPSA) is 53.2 Å². The maximum Gasteiger partial charge on any atom is 0.124 e. The maximum atomic E-state index is 9.77. The van der Waals surface area contributed by atoms with E-state index in [1.807, 2.05) is 30.3 Å². The number of rotatable bonds is 3. The molecule has 0 unspecified atom stereocenters. The molecule has 0 amide bonds. The summed E-state index contributed by atoms with van der Waals surface area (Å²) in [6.45, 7) is 1.71. The molecule has 0 spiro atoms. The average molecular weight is 253 g/mol. The molecule has 0 fully saturated rings. The number of benzene rings is 2. The molecule has 1 atom stereocenters. The Morgan fingerprint density at radius 1 is 1.11 bits per heavy atom. The van der Waals surface area contributed by atoms with Crippen molar-refractivity contribution >= 4 is 0 Å². The highest BCUT2D eigenvalue weighted by Gasteiger charge is 2.10. The van der Waals surface area contributed by atoms with Gasteiger partial charge in [0.15, 0.2) is 0 Å². The van der Waals surface area contributed by atoms with Crippen molar-refractivity contribution in [2.75, 3.05) is 7.11 Å². The van der Waals surface area contributed by atoms with Crippen molar-refractivity contribution < 1.29 is 9.84 Å². The van der Waals surface area contributed by atoms with E-state index in [4.69, 9.17) is 10.00 Å². The second-order valence-corrected chi connectivity index (χ2v) is 4.32. The third kappa shape index (κ3) is 2.75. The van der Waals surface area contributed by atoms with Gasteiger partial charge in [-0.3, -0.25) is 0 Å². The van der Waals surface area contributed by atoms with Gasteiger partial charge in [-0.25, -0.2) is 0 Å². The Labute approximate surface area is 112 Å². The van der Waals surface area contributed by atoms with Crippen molar-refractivity contribution in [2.24, 2.45) is 0 Å². The molecule has 3 heteroatoms. The number of aliphatic hydroxyl groups is 1. The van der Waals surface area contributed by atoms with Crippen LogP contribution in [-0.4, -0.2) is 12.2 Å². The van der Waals surface area contributed by atoms with Crippen LogP contribution in [0.15, 0.2) is 42.5 Å². The van der Waals surface area contributed by atoms with Crippen LogP contribution in [0, 0.1) is 11.3 Å². The van der Waals surface area contributed by atoms with Gasteiger partial charge in [0.25, 0.3) is 0 Å². The van der Waals surface area contributed by atoms with Crippen molar-refractivity contribution in [1.29, 1.82) is 5.26 Å². The third-order valence-electron chi connectivity index (χ3n) is 3.03. The number of nitriles is 1. The molecule has 2 rings (SSSR count). The van der Waals surface area contributed by atoms with E-state index in [9.17, 15) is 5.11 Å². The minimum atomic E-state index is -0.590. The number of ether oxygens (including phenoxy) is 1. The smallest absolute Gasteiger partial charge is 0.124 e. The Hall–Kier alpha value is -2.31. The van der Waals surface area contributed by atoms with Crippen molar-refractivity contribution in [1.82, 2.24) is 0 Å². The molecule has 0 aliphatic rings. The van der Waals surface area contributed by atoms with Crippen molar-refractivity contribution in [2.45, 2.75) is 13.0 Å². The molecule has 19 heavy (non-hydrogen) atoms. The molecule has 0 saturated carbocycles. The predicted molar refractivity (Wildman–Crippen MR) is 73.8 cm³/mol. The quantitative estimate of drug-likeness (QED) is 0.913. The molecular formula is C16H15NO2. The molecule has 0 aromatic heterocycles. The monoisotopic (exact) mass is 253 g/mol. The van der Waals surface area contributed by atoms with Gasteiger partial charge in [-0.2, -0.15) is 5.26 Å². The lowest BCUT2D eigenvalue weighted by Gasteiger charge is -2.13. The van der Waals surface area contributed by atoms with E-state index in [1.165, 1.54) is 0 Å². The highest BCUT2D eigenvalue weighted by atomic mass is 16.5. The highest BCUT2D eigenvalue weighted by Crippen LogP contribution is 2.30. The van der Waals surface area contributed by atoms with Crippen LogP contribution in [0.1, 0.15) is 24.2 Å². The molecule has 0 aliphatic heterocycles. The molecule has 3 nitrogen and oxygen atoms in total. The summed E-state index contributed by atoms with van der Waals surface area (Å²) in [4.78, 5) is 0.